The van der Waals surface area contributed by atoms with E-state index in [1.165, 1.54) is 11.1 Å². The fraction of sp³-hybridized carbons (Fsp3) is 0.167. The second-order valence-electron chi connectivity index (χ2n) is 2.79. The van der Waals surface area contributed by atoms with E-state index in [1.54, 1.807) is 6.08 Å². The van der Waals surface area contributed by atoms with Gasteiger partial charge in [0.25, 0.3) is 0 Å². The molecule has 0 aromatic heterocycles. The Labute approximate surface area is 74.2 Å². The summed E-state index contributed by atoms with van der Waals surface area (Å²) in [5, 5.41) is 0. The first kappa shape index (κ1) is 8.79. The highest BCUT2D eigenvalue weighted by atomic mass is 14.0. The molecule has 12 heavy (non-hydrogen) atoms. The van der Waals surface area contributed by atoms with E-state index in [2.05, 4.69) is 43.8 Å². The van der Waals surface area contributed by atoms with Crippen molar-refractivity contribution in [2.75, 3.05) is 0 Å². The van der Waals surface area contributed by atoms with Crippen LogP contribution < -0.4 is 0 Å². The average molecular weight is 158 g/mol. The molecule has 0 radical (unpaired) electrons. The minimum absolute atomic E-state index is 0.999. The molecule has 0 saturated heterocycles. The van der Waals surface area contributed by atoms with Crippen LogP contribution in [-0.4, -0.2) is 0 Å². The van der Waals surface area contributed by atoms with Crippen molar-refractivity contribution in [3.63, 3.8) is 0 Å². The van der Waals surface area contributed by atoms with E-state index >= 15 is 0 Å². The third-order valence-electron chi connectivity index (χ3n) is 1.87. The molecule has 0 heterocycles. The number of hydrogen-bond acceptors (Lipinski definition) is 0. The van der Waals surface area contributed by atoms with Gasteiger partial charge in [-0.2, -0.15) is 0 Å². The topological polar surface area (TPSA) is 0 Å². The number of rotatable bonds is 3. The molecule has 0 saturated carbocycles. The van der Waals surface area contributed by atoms with Crippen LogP contribution in [0.25, 0.3) is 0 Å². The van der Waals surface area contributed by atoms with Crippen LogP contribution >= 0.6 is 0 Å². The highest BCUT2D eigenvalue weighted by Crippen LogP contribution is 2.07. The van der Waals surface area contributed by atoms with Gasteiger partial charge in [-0.25, -0.2) is 0 Å². The molecule has 0 nitrogen and oxygen atoms in total. The molecule has 0 atom stereocenters. The summed E-state index contributed by atoms with van der Waals surface area (Å²) in [6, 6.07) is 8.43. The second-order valence-corrected chi connectivity index (χ2v) is 2.79. The van der Waals surface area contributed by atoms with Gasteiger partial charge in [-0.3, -0.25) is 0 Å². The zero-order valence-electron chi connectivity index (χ0n) is 7.46. The van der Waals surface area contributed by atoms with Gasteiger partial charge in [0.1, 0.15) is 0 Å². The summed E-state index contributed by atoms with van der Waals surface area (Å²) in [7, 11) is 0. The quantitative estimate of drug-likeness (QED) is 0.592. The lowest BCUT2D eigenvalue weighted by Crippen LogP contribution is -1.84. The summed E-state index contributed by atoms with van der Waals surface area (Å²) in [5.41, 5.74) is 2.74. The summed E-state index contributed by atoms with van der Waals surface area (Å²) >= 11 is 0. The van der Waals surface area contributed by atoms with E-state index < -0.39 is 0 Å². The molecule has 1 aromatic carbocycles. The molecule has 0 bridgehead atoms. The van der Waals surface area contributed by atoms with Crippen LogP contribution in [0.3, 0.4) is 0 Å². The van der Waals surface area contributed by atoms with E-state index in [9.17, 15) is 0 Å². The van der Waals surface area contributed by atoms with Crippen molar-refractivity contribution in [2.24, 2.45) is 0 Å². The van der Waals surface area contributed by atoms with Crippen LogP contribution in [0.2, 0.25) is 0 Å². The molecule has 0 unspecified atom stereocenters. The van der Waals surface area contributed by atoms with Crippen LogP contribution in [-0.2, 0) is 6.42 Å². The summed E-state index contributed by atoms with van der Waals surface area (Å²) in [5.74, 6) is 0. The lowest BCUT2D eigenvalue weighted by atomic mass is 10.1. The van der Waals surface area contributed by atoms with Gasteiger partial charge in [0.15, 0.2) is 0 Å². The fourth-order valence-corrected chi connectivity index (χ4v) is 1.13. The van der Waals surface area contributed by atoms with Crippen LogP contribution in [0.1, 0.15) is 11.1 Å². The van der Waals surface area contributed by atoms with Gasteiger partial charge in [-0.05, 0) is 24.5 Å². The first-order valence-electron chi connectivity index (χ1n) is 4.16. The van der Waals surface area contributed by atoms with Crippen molar-refractivity contribution in [3.05, 3.63) is 60.2 Å². The summed E-state index contributed by atoms with van der Waals surface area (Å²) < 4.78 is 0. The van der Waals surface area contributed by atoms with Gasteiger partial charge in [0, 0.05) is 0 Å². The van der Waals surface area contributed by atoms with Crippen molar-refractivity contribution in [1.82, 2.24) is 0 Å². The minimum Gasteiger partial charge on any atom is -0.0991 e. The monoisotopic (exact) mass is 158 g/mol. The Bertz CT molecular complexity index is 282. The number of aryl methyl sites for hydroxylation is 1. The van der Waals surface area contributed by atoms with E-state index in [0.717, 1.165) is 6.42 Å². The van der Waals surface area contributed by atoms with E-state index in [-0.39, 0.29) is 0 Å². The van der Waals surface area contributed by atoms with Crippen LogP contribution in [0.4, 0.5) is 0 Å². The molecule has 0 aliphatic heterocycles. The molecular weight excluding hydrogens is 144 g/mol. The predicted octanol–water partition coefficient (Wildman–Crippen LogP) is 3.28. The molecule has 62 valence electrons. The molecule has 0 N–H and O–H groups in total. The predicted molar refractivity (Wildman–Crippen MR) is 54.2 cm³/mol. The number of allylic oxidation sites excluding steroid dienone is 3. The third-order valence-corrected chi connectivity index (χ3v) is 1.87. The molecule has 0 fully saturated rings. The standard InChI is InChI=1S/C12H14/c1-3-4-5-9-12-10-7-6-8-11(12)2/h3-8,10H,1,9H2,2H3/b5-4-. The van der Waals surface area contributed by atoms with Crippen molar-refractivity contribution in [1.29, 1.82) is 0 Å². The average Bonchev–Trinajstić information content (AvgIpc) is 2.09. The van der Waals surface area contributed by atoms with Gasteiger partial charge in [0.05, 0.1) is 0 Å². The summed E-state index contributed by atoms with van der Waals surface area (Å²) in [4.78, 5) is 0. The smallest absolute Gasteiger partial charge is 0.00917 e. The number of hydrogen-bond donors (Lipinski definition) is 0. The molecule has 0 spiro atoms. The Morgan fingerprint density at radius 2 is 2.08 bits per heavy atom. The van der Waals surface area contributed by atoms with Gasteiger partial charge in [-0.15, -0.1) is 0 Å². The van der Waals surface area contributed by atoms with Crippen molar-refractivity contribution in [2.45, 2.75) is 13.3 Å². The Hall–Kier alpha value is -1.30. The minimum atomic E-state index is 0.999. The van der Waals surface area contributed by atoms with Crippen LogP contribution in [0.15, 0.2) is 49.1 Å². The van der Waals surface area contributed by atoms with Crippen molar-refractivity contribution in [3.8, 4) is 0 Å². The summed E-state index contributed by atoms with van der Waals surface area (Å²) in [6.45, 7) is 5.76. The summed E-state index contributed by atoms with van der Waals surface area (Å²) in [6.07, 6.45) is 6.90. The molecule has 0 heteroatoms. The Balaban J connectivity index is 2.69. The van der Waals surface area contributed by atoms with Gasteiger partial charge < -0.3 is 0 Å². The maximum Gasteiger partial charge on any atom is -0.00917 e. The maximum absolute atomic E-state index is 3.63. The van der Waals surface area contributed by atoms with Gasteiger partial charge >= 0.3 is 0 Å². The Kier molecular flexibility index (Phi) is 3.34. The van der Waals surface area contributed by atoms with Crippen molar-refractivity contribution < 1.29 is 0 Å². The fourth-order valence-electron chi connectivity index (χ4n) is 1.13. The zero-order chi connectivity index (χ0) is 8.81. The molecule has 0 aliphatic rings. The molecule has 0 aliphatic carbocycles. The van der Waals surface area contributed by atoms with E-state index in [0.29, 0.717) is 0 Å². The largest absolute Gasteiger partial charge is 0.0991 e. The Morgan fingerprint density at radius 3 is 2.75 bits per heavy atom. The van der Waals surface area contributed by atoms with E-state index in [1.807, 2.05) is 6.08 Å². The first-order chi connectivity index (χ1) is 5.84. The van der Waals surface area contributed by atoms with Gasteiger partial charge in [0.2, 0.25) is 0 Å². The zero-order valence-corrected chi connectivity index (χ0v) is 7.46. The lowest BCUT2D eigenvalue weighted by molar-refractivity contribution is 1.21. The number of benzene rings is 1. The first-order valence-corrected chi connectivity index (χ1v) is 4.16. The highest BCUT2D eigenvalue weighted by Gasteiger charge is 1.91. The third kappa shape index (κ3) is 2.39. The molecule has 1 aromatic rings. The lowest BCUT2D eigenvalue weighted by Gasteiger charge is -1.99. The van der Waals surface area contributed by atoms with Gasteiger partial charge in [-0.1, -0.05) is 49.1 Å². The maximum atomic E-state index is 3.63. The van der Waals surface area contributed by atoms with Crippen molar-refractivity contribution >= 4 is 0 Å². The van der Waals surface area contributed by atoms with E-state index in [4.69, 9.17) is 0 Å². The molecular formula is C12H14. The normalized spacial score (nSPS) is 10.4. The Morgan fingerprint density at radius 1 is 1.33 bits per heavy atom. The van der Waals surface area contributed by atoms with Crippen LogP contribution in [0.5, 0.6) is 0 Å². The van der Waals surface area contributed by atoms with Crippen LogP contribution in [0, 0.1) is 6.92 Å². The molecule has 1 rings (SSSR count). The highest BCUT2D eigenvalue weighted by molar-refractivity contribution is 5.27. The second kappa shape index (κ2) is 4.55. The molecule has 0 amide bonds. The SMILES string of the molecule is C=C/C=C\Cc1ccccc1C.